The van der Waals surface area contributed by atoms with E-state index in [9.17, 15) is 14.7 Å². The monoisotopic (exact) mass is 508 g/mol. The van der Waals surface area contributed by atoms with E-state index < -0.39 is 17.7 Å². The van der Waals surface area contributed by atoms with Crippen molar-refractivity contribution in [3.8, 4) is 0 Å². The van der Waals surface area contributed by atoms with E-state index in [2.05, 4.69) is 0 Å². The maximum absolute atomic E-state index is 13.3. The van der Waals surface area contributed by atoms with E-state index in [4.69, 9.17) is 28.2 Å². The first kappa shape index (κ1) is 22.6. The fraction of sp³-hybridized carbons (Fsp3) is 0.115. The molecule has 0 spiro atoms. The number of thiazole rings is 1. The van der Waals surface area contributed by atoms with Crippen LogP contribution in [-0.4, -0.2) is 21.8 Å². The smallest absolute Gasteiger partial charge is 0.301 e. The Morgan fingerprint density at radius 1 is 0.971 bits per heavy atom. The quantitative estimate of drug-likeness (QED) is 0.186. The van der Waals surface area contributed by atoms with Crippen LogP contribution in [0, 0.1) is 13.8 Å². The Hall–Kier alpha value is -3.19. The zero-order chi connectivity index (χ0) is 24.1. The van der Waals surface area contributed by atoms with Crippen molar-refractivity contribution in [1.29, 1.82) is 0 Å². The topological polar surface area (TPSA) is 70.5 Å². The molecule has 5 nitrogen and oxygen atoms in total. The first-order chi connectivity index (χ1) is 16.2. The molecule has 1 N–H and O–H groups in total. The van der Waals surface area contributed by atoms with E-state index >= 15 is 0 Å². The number of aromatic nitrogens is 1. The number of anilines is 1. The van der Waals surface area contributed by atoms with Crippen LogP contribution in [0.2, 0.25) is 10.0 Å². The molecule has 0 bridgehead atoms. The Morgan fingerprint density at radius 2 is 1.59 bits per heavy atom. The van der Waals surface area contributed by atoms with E-state index in [-0.39, 0.29) is 11.3 Å². The van der Waals surface area contributed by atoms with Crippen molar-refractivity contribution in [3.63, 3.8) is 0 Å². The minimum Gasteiger partial charge on any atom is -0.507 e. The average Bonchev–Trinajstić information content (AvgIpc) is 3.33. The van der Waals surface area contributed by atoms with Gasteiger partial charge in [-0.3, -0.25) is 14.5 Å². The molecule has 1 amide bonds. The molecule has 0 unspecified atom stereocenters. The second-order valence-corrected chi connectivity index (χ2v) is 10.0. The predicted molar refractivity (Wildman–Crippen MR) is 137 cm³/mol. The number of hydrogen-bond acceptors (Lipinski definition) is 5. The van der Waals surface area contributed by atoms with Crippen LogP contribution in [0.3, 0.4) is 0 Å². The summed E-state index contributed by atoms with van der Waals surface area (Å²) in [6, 6.07) is 16.5. The summed E-state index contributed by atoms with van der Waals surface area (Å²) in [5, 5.41) is 12.6. The molecule has 1 atom stereocenters. The minimum absolute atomic E-state index is 0.0122. The third-order valence-electron chi connectivity index (χ3n) is 5.77. The lowest BCUT2D eigenvalue weighted by Crippen LogP contribution is -2.29. The molecule has 4 aromatic rings. The molecule has 0 radical (unpaired) electrons. The Bertz CT molecular complexity index is 1490. The van der Waals surface area contributed by atoms with Gasteiger partial charge in [-0.1, -0.05) is 52.7 Å². The molecule has 2 heterocycles. The SMILES string of the molecule is Cc1cc(C)c2nc(N3C(=O)C(=O)C(=C(O)c4ccc(Cl)cc4)[C@H]3c3ccc(Cl)cc3)sc2c1. The van der Waals surface area contributed by atoms with Crippen LogP contribution >= 0.6 is 34.5 Å². The van der Waals surface area contributed by atoms with Gasteiger partial charge in [0.1, 0.15) is 5.76 Å². The van der Waals surface area contributed by atoms with E-state index in [1.54, 1.807) is 48.5 Å². The fourth-order valence-corrected chi connectivity index (χ4v) is 5.64. The number of aliphatic hydroxyl groups excluding tert-OH is 1. The molecule has 1 fully saturated rings. The normalized spacial score (nSPS) is 17.6. The molecule has 0 saturated carbocycles. The van der Waals surface area contributed by atoms with Crippen molar-refractivity contribution >= 4 is 67.3 Å². The molecule has 5 rings (SSSR count). The van der Waals surface area contributed by atoms with Crippen LogP contribution in [0.4, 0.5) is 5.13 Å². The van der Waals surface area contributed by atoms with Gasteiger partial charge in [0.25, 0.3) is 5.78 Å². The maximum atomic E-state index is 13.3. The molecule has 8 heteroatoms. The summed E-state index contributed by atoms with van der Waals surface area (Å²) in [5.74, 6) is -1.80. The van der Waals surface area contributed by atoms with Gasteiger partial charge in [-0.15, -0.1) is 0 Å². The van der Waals surface area contributed by atoms with Crippen molar-refractivity contribution in [2.24, 2.45) is 0 Å². The van der Waals surface area contributed by atoms with Crippen LogP contribution < -0.4 is 4.90 Å². The number of amides is 1. The molecule has 1 aliphatic rings. The summed E-state index contributed by atoms with van der Waals surface area (Å²) in [4.78, 5) is 32.7. The number of carbonyl (C=O) groups is 2. The van der Waals surface area contributed by atoms with Crippen LogP contribution in [0.25, 0.3) is 16.0 Å². The number of halogens is 2. The second kappa shape index (κ2) is 8.55. The van der Waals surface area contributed by atoms with Crippen molar-refractivity contribution in [3.05, 3.63) is 98.5 Å². The first-order valence-corrected chi connectivity index (χ1v) is 12.0. The summed E-state index contributed by atoms with van der Waals surface area (Å²) in [6.45, 7) is 3.96. The number of benzene rings is 3. The maximum Gasteiger partial charge on any atom is 0.301 e. The van der Waals surface area contributed by atoms with E-state index in [0.717, 1.165) is 21.3 Å². The van der Waals surface area contributed by atoms with Crippen molar-refractivity contribution in [1.82, 2.24) is 4.98 Å². The average molecular weight is 509 g/mol. The molecular formula is C26H18Cl2N2O3S. The Morgan fingerprint density at radius 3 is 2.24 bits per heavy atom. The number of hydrogen-bond donors (Lipinski definition) is 1. The van der Waals surface area contributed by atoms with Crippen LogP contribution in [-0.2, 0) is 9.59 Å². The number of rotatable bonds is 3. The lowest BCUT2D eigenvalue weighted by atomic mass is 9.95. The van der Waals surface area contributed by atoms with E-state index in [0.29, 0.717) is 26.3 Å². The standard InChI is InChI=1S/C26H18Cl2N2O3S/c1-13-11-14(2)21-19(12-13)34-26(29-21)30-22(15-3-7-17(27)8-4-15)20(24(32)25(30)33)23(31)16-5-9-18(28)10-6-16/h3-12,22,31H,1-2H3/t22-/m1/s1. The van der Waals surface area contributed by atoms with Gasteiger partial charge >= 0.3 is 5.91 Å². The van der Waals surface area contributed by atoms with Gasteiger partial charge < -0.3 is 5.11 Å². The Kier molecular flexibility index (Phi) is 5.68. The summed E-state index contributed by atoms with van der Waals surface area (Å²) in [5.41, 5.74) is 3.85. The largest absolute Gasteiger partial charge is 0.507 e. The number of Topliss-reactive ketones (excluding diaryl/α,β-unsaturated/α-hetero) is 1. The van der Waals surface area contributed by atoms with Crippen LogP contribution in [0.1, 0.15) is 28.3 Å². The highest BCUT2D eigenvalue weighted by Crippen LogP contribution is 2.45. The molecule has 34 heavy (non-hydrogen) atoms. The fourth-order valence-electron chi connectivity index (χ4n) is 4.22. The predicted octanol–water partition coefficient (Wildman–Crippen LogP) is 6.85. The van der Waals surface area contributed by atoms with Crippen molar-refractivity contribution < 1.29 is 14.7 Å². The van der Waals surface area contributed by atoms with Crippen LogP contribution in [0.15, 0.2) is 66.2 Å². The summed E-state index contributed by atoms with van der Waals surface area (Å²) in [7, 11) is 0. The van der Waals surface area contributed by atoms with Gasteiger partial charge in [-0.05, 0) is 73.0 Å². The Labute approximate surface area is 209 Å². The van der Waals surface area contributed by atoms with Crippen molar-refractivity contribution in [2.45, 2.75) is 19.9 Å². The van der Waals surface area contributed by atoms with Gasteiger partial charge in [0.05, 0.1) is 21.8 Å². The highest BCUT2D eigenvalue weighted by atomic mass is 35.5. The van der Waals surface area contributed by atoms with Crippen LogP contribution in [0.5, 0.6) is 0 Å². The molecular weight excluding hydrogens is 491 g/mol. The zero-order valence-corrected chi connectivity index (χ0v) is 20.5. The number of ketones is 1. The zero-order valence-electron chi connectivity index (χ0n) is 18.2. The third kappa shape index (κ3) is 3.78. The number of aryl methyl sites for hydroxylation is 2. The van der Waals surface area contributed by atoms with Gasteiger partial charge in [0.15, 0.2) is 5.13 Å². The molecule has 0 aliphatic carbocycles. The highest BCUT2D eigenvalue weighted by molar-refractivity contribution is 7.22. The number of fused-ring (bicyclic) bond motifs is 1. The number of carbonyl (C=O) groups excluding carboxylic acids is 2. The summed E-state index contributed by atoms with van der Waals surface area (Å²) in [6.07, 6.45) is 0. The Balaban J connectivity index is 1.74. The van der Waals surface area contributed by atoms with Gasteiger partial charge in [-0.25, -0.2) is 4.98 Å². The highest BCUT2D eigenvalue weighted by Gasteiger charge is 2.48. The minimum atomic E-state index is -0.866. The lowest BCUT2D eigenvalue weighted by Gasteiger charge is -2.23. The van der Waals surface area contributed by atoms with Crippen molar-refractivity contribution in [2.75, 3.05) is 4.90 Å². The number of aliphatic hydroxyl groups is 1. The molecule has 1 aromatic heterocycles. The van der Waals surface area contributed by atoms with Gasteiger partial charge in [-0.2, -0.15) is 0 Å². The van der Waals surface area contributed by atoms with E-state index in [1.165, 1.54) is 16.2 Å². The van der Waals surface area contributed by atoms with Gasteiger partial charge in [0, 0.05) is 15.6 Å². The number of nitrogens with zero attached hydrogens (tertiary/aromatic N) is 2. The first-order valence-electron chi connectivity index (χ1n) is 10.4. The lowest BCUT2D eigenvalue weighted by molar-refractivity contribution is -0.132. The molecule has 170 valence electrons. The molecule has 3 aromatic carbocycles. The summed E-state index contributed by atoms with van der Waals surface area (Å²) < 4.78 is 0.918. The third-order valence-corrected chi connectivity index (χ3v) is 7.28. The van der Waals surface area contributed by atoms with E-state index in [1.807, 2.05) is 26.0 Å². The van der Waals surface area contributed by atoms with Gasteiger partial charge in [0.2, 0.25) is 0 Å². The second-order valence-electron chi connectivity index (χ2n) is 8.15. The molecule has 1 aliphatic heterocycles. The summed E-state index contributed by atoms with van der Waals surface area (Å²) >= 11 is 13.4. The molecule has 1 saturated heterocycles.